The molecule has 6 nitrogen and oxygen atoms in total. The molecule has 2 aromatic rings. The average molecular weight is 338 g/mol. The van der Waals surface area contributed by atoms with Gasteiger partial charge in [0.2, 0.25) is 5.91 Å². The Morgan fingerprint density at radius 3 is 2.84 bits per heavy atom. The van der Waals surface area contributed by atoms with E-state index in [0.717, 1.165) is 41.8 Å². The Morgan fingerprint density at radius 1 is 1.16 bits per heavy atom. The Kier molecular flexibility index (Phi) is 4.03. The number of para-hydroxylation sites is 1. The molecule has 1 saturated heterocycles. The number of amides is 2. The van der Waals surface area contributed by atoms with Crippen LogP contribution in [0.15, 0.2) is 24.3 Å². The first-order valence-electron chi connectivity index (χ1n) is 8.88. The van der Waals surface area contributed by atoms with Crippen molar-refractivity contribution in [2.45, 2.75) is 32.6 Å². The molecule has 1 aliphatic carbocycles. The number of nitrogens with zero attached hydrogens (tertiary/aromatic N) is 3. The van der Waals surface area contributed by atoms with Crippen LogP contribution in [0.4, 0.5) is 0 Å². The summed E-state index contributed by atoms with van der Waals surface area (Å²) >= 11 is 0. The molecule has 2 aliphatic rings. The number of rotatable bonds is 2. The maximum Gasteiger partial charge on any atom is 0.274 e. The molecule has 0 bridgehead atoms. The van der Waals surface area contributed by atoms with E-state index in [2.05, 4.69) is 18.3 Å². The van der Waals surface area contributed by atoms with Crippen molar-refractivity contribution in [1.29, 1.82) is 0 Å². The first kappa shape index (κ1) is 15.9. The number of carbonyl (C=O) groups excluding carboxylic acids is 2. The molecule has 2 heterocycles. The minimum atomic E-state index is -0.0537. The van der Waals surface area contributed by atoms with Gasteiger partial charge < -0.3 is 10.2 Å². The van der Waals surface area contributed by atoms with Gasteiger partial charge in [-0.05, 0) is 37.8 Å². The van der Waals surface area contributed by atoms with Crippen LogP contribution >= 0.6 is 0 Å². The molecule has 6 heteroatoms. The molecule has 4 rings (SSSR count). The van der Waals surface area contributed by atoms with Crippen LogP contribution in [0.3, 0.4) is 0 Å². The van der Waals surface area contributed by atoms with Crippen molar-refractivity contribution in [3.05, 3.63) is 46.8 Å². The maximum absolute atomic E-state index is 13.1. The molecule has 1 aliphatic heterocycles. The van der Waals surface area contributed by atoms with Gasteiger partial charge in [-0.2, -0.15) is 5.10 Å². The maximum atomic E-state index is 13.1. The summed E-state index contributed by atoms with van der Waals surface area (Å²) in [5, 5.41) is 7.52. The highest BCUT2D eigenvalue weighted by atomic mass is 16.2. The second-order valence-corrected chi connectivity index (χ2v) is 6.72. The highest BCUT2D eigenvalue weighted by Crippen LogP contribution is 2.29. The molecular weight excluding hydrogens is 316 g/mol. The van der Waals surface area contributed by atoms with Crippen molar-refractivity contribution in [3.8, 4) is 5.69 Å². The summed E-state index contributed by atoms with van der Waals surface area (Å²) < 4.78 is 1.95. The van der Waals surface area contributed by atoms with Crippen LogP contribution in [0, 0.1) is 6.92 Å². The number of hydrogen-bond donors (Lipinski definition) is 1. The number of hydrogen-bond acceptors (Lipinski definition) is 3. The molecule has 1 N–H and O–H groups in total. The second kappa shape index (κ2) is 6.35. The fraction of sp³-hybridized carbons (Fsp3) is 0.421. The van der Waals surface area contributed by atoms with Crippen molar-refractivity contribution in [1.82, 2.24) is 20.0 Å². The second-order valence-electron chi connectivity index (χ2n) is 6.72. The zero-order chi connectivity index (χ0) is 17.4. The molecule has 130 valence electrons. The van der Waals surface area contributed by atoms with Gasteiger partial charge in [0.05, 0.1) is 5.69 Å². The summed E-state index contributed by atoms with van der Waals surface area (Å²) in [6.07, 6.45) is 3.25. The van der Waals surface area contributed by atoms with Crippen molar-refractivity contribution in [2.75, 3.05) is 19.6 Å². The van der Waals surface area contributed by atoms with Gasteiger partial charge in [-0.15, -0.1) is 0 Å². The Hall–Kier alpha value is -2.63. The van der Waals surface area contributed by atoms with E-state index in [1.165, 1.54) is 0 Å². The van der Waals surface area contributed by atoms with Gasteiger partial charge >= 0.3 is 0 Å². The molecule has 0 radical (unpaired) electrons. The third-order valence-electron chi connectivity index (χ3n) is 5.08. The fourth-order valence-electron chi connectivity index (χ4n) is 3.73. The summed E-state index contributed by atoms with van der Waals surface area (Å²) in [5.74, 6) is -0.0482. The standard InChI is InChI=1S/C19H22N4O2/c1-13-5-2-3-7-15(13)23-16-8-4-6-14(16)18(21-23)19(25)22-11-9-17(24)20-10-12-22/h2-3,5,7H,4,6,8-12H2,1H3,(H,20,24). The SMILES string of the molecule is Cc1ccccc1-n1nc(C(=O)N2CCNC(=O)CC2)c2c1CCC2. The van der Waals surface area contributed by atoms with E-state index in [4.69, 9.17) is 5.10 Å². The Bertz CT molecular complexity index is 840. The number of aryl methyl sites for hydroxylation is 1. The van der Waals surface area contributed by atoms with E-state index in [0.29, 0.717) is 31.7 Å². The minimum absolute atomic E-state index is 0.00553. The summed E-state index contributed by atoms with van der Waals surface area (Å²) in [6.45, 7) is 3.56. The van der Waals surface area contributed by atoms with Crippen molar-refractivity contribution < 1.29 is 9.59 Å². The van der Waals surface area contributed by atoms with Gasteiger partial charge in [-0.3, -0.25) is 9.59 Å². The quantitative estimate of drug-likeness (QED) is 0.905. The number of carbonyl (C=O) groups is 2. The zero-order valence-corrected chi connectivity index (χ0v) is 14.4. The number of aromatic nitrogens is 2. The van der Waals surface area contributed by atoms with Crippen LogP contribution in [-0.2, 0) is 17.6 Å². The molecule has 1 aromatic carbocycles. The number of fused-ring (bicyclic) bond motifs is 1. The number of nitrogens with one attached hydrogen (secondary N) is 1. The largest absolute Gasteiger partial charge is 0.354 e. The van der Waals surface area contributed by atoms with Crippen molar-refractivity contribution in [2.24, 2.45) is 0 Å². The first-order chi connectivity index (χ1) is 12.1. The van der Waals surface area contributed by atoms with Crippen LogP contribution in [-0.4, -0.2) is 46.1 Å². The monoisotopic (exact) mass is 338 g/mol. The molecule has 25 heavy (non-hydrogen) atoms. The lowest BCUT2D eigenvalue weighted by atomic mass is 10.1. The normalized spacial score (nSPS) is 17.2. The van der Waals surface area contributed by atoms with E-state index in [9.17, 15) is 9.59 Å². The first-order valence-corrected chi connectivity index (χ1v) is 8.88. The lowest BCUT2D eigenvalue weighted by Gasteiger charge is -2.18. The fourth-order valence-corrected chi connectivity index (χ4v) is 3.73. The van der Waals surface area contributed by atoms with E-state index >= 15 is 0 Å². The van der Waals surface area contributed by atoms with Crippen LogP contribution in [0.1, 0.15) is 40.2 Å². The third kappa shape index (κ3) is 2.81. The Morgan fingerprint density at radius 2 is 2.00 bits per heavy atom. The average Bonchev–Trinajstić information content (AvgIpc) is 3.14. The summed E-state index contributed by atoms with van der Waals surface area (Å²) in [7, 11) is 0. The van der Waals surface area contributed by atoms with E-state index in [1.54, 1.807) is 4.90 Å². The molecule has 0 spiro atoms. The number of benzene rings is 1. The summed E-state index contributed by atoms with van der Waals surface area (Å²) in [6, 6.07) is 8.12. The predicted octanol–water partition coefficient (Wildman–Crippen LogP) is 1.63. The summed E-state index contributed by atoms with van der Waals surface area (Å²) in [4.78, 5) is 26.3. The Balaban J connectivity index is 1.71. The van der Waals surface area contributed by atoms with Crippen molar-refractivity contribution in [3.63, 3.8) is 0 Å². The third-order valence-corrected chi connectivity index (χ3v) is 5.08. The highest BCUT2D eigenvalue weighted by Gasteiger charge is 2.30. The molecule has 0 atom stereocenters. The molecule has 1 aromatic heterocycles. The molecular formula is C19H22N4O2. The van der Waals surface area contributed by atoms with Gasteiger partial charge in [-0.25, -0.2) is 4.68 Å². The van der Waals surface area contributed by atoms with E-state index < -0.39 is 0 Å². The molecule has 0 saturated carbocycles. The van der Waals surface area contributed by atoms with Crippen LogP contribution in [0.25, 0.3) is 5.69 Å². The van der Waals surface area contributed by atoms with Gasteiger partial charge in [-0.1, -0.05) is 18.2 Å². The van der Waals surface area contributed by atoms with Gasteiger partial charge in [0, 0.05) is 37.3 Å². The van der Waals surface area contributed by atoms with Crippen LogP contribution in [0.2, 0.25) is 0 Å². The lowest BCUT2D eigenvalue weighted by molar-refractivity contribution is -0.120. The molecule has 1 fully saturated rings. The summed E-state index contributed by atoms with van der Waals surface area (Å²) in [5.41, 5.74) is 4.97. The molecule has 2 amide bonds. The van der Waals surface area contributed by atoms with Crippen LogP contribution < -0.4 is 5.32 Å². The minimum Gasteiger partial charge on any atom is -0.354 e. The lowest BCUT2D eigenvalue weighted by Crippen LogP contribution is -2.35. The topological polar surface area (TPSA) is 67.2 Å². The van der Waals surface area contributed by atoms with Gasteiger partial charge in [0.1, 0.15) is 0 Å². The smallest absolute Gasteiger partial charge is 0.274 e. The van der Waals surface area contributed by atoms with Gasteiger partial charge in [0.15, 0.2) is 5.69 Å². The zero-order valence-electron chi connectivity index (χ0n) is 14.4. The van der Waals surface area contributed by atoms with E-state index in [-0.39, 0.29) is 11.8 Å². The van der Waals surface area contributed by atoms with Gasteiger partial charge in [0.25, 0.3) is 5.91 Å². The predicted molar refractivity (Wildman–Crippen MR) is 93.9 cm³/mol. The highest BCUT2D eigenvalue weighted by molar-refractivity contribution is 5.95. The van der Waals surface area contributed by atoms with Crippen molar-refractivity contribution >= 4 is 11.8 Å². The van der Waals surface area contributed by atoms with E-state index in [1.807, 2.05) is 22.9 Å². The molecule has 0 unspecified atom stereocenters. The van der Waals surface area contributed by atoms with Crippen LogP contribution in [0.5, 0.6) is 0 Å². The Labute approximate surface area is 146 Å².